The van der Waals surface area contributed by atoms with E-state index >= 15 is 0 Å². The van der Waals surface area contributed by atoms with Gasteiger partial charge in [-0.15, -0.1) is 0 Å². The van der Waals surface area contributed by atoms with Crippen molar-refractivity contribution in [2.75, 3.05) is 53.1 Å². The molecule has 0 spiro atoms. The van der Waals surface area contributed by atoms with E-state index in [0.29, 0.717) is 18.0 Å². The molecule has 0 aliphatic carbocycles. The summed E-state index contributed by atoms with van der Waals surface area (Å²) < 4.78 is 11.1. The largest absolute Gasteiger partial charge is 0.381 e. The topological polar surface area (TPSA) is 58.1 Å². The van der Waals surface area contributed by atoms with Crippen LogP contribution in [0.3, 0.4) is 0 Å². The number of hydrogen-bond donors (Lipinski definition) is 2. The van der Waals surface area contributed by atoms with Crippen molar-refractivity contribution in [3.8, 4) is 0 Å². The summed E-state index contributed by atoms with van der Waals surface area (Å²) in [7, 11) is 1.81. The van der Waals surface area contributed by atoms with Crippen LogP contribution in [0.15, 0.2) is 4.99 Å². The number of morpholine rings is 1. The fourth-order valence-electron chi connectivity index (χ4n) is 2.68. The summed E-state index contributed by atoms with van der Waals surface area (Å²) >= 11 is 0. The van der Waals surface area contributed by atoms with E-state index in [-0.39, 0.29) is 0 Å². The number of ether oxygens (including phenoxy) is 2. The third-order valence-electron chi connectivity index (χ3n) is 3.98. The molecule has 0 radical (unpaired) electrons. The highest BCUT2D eigenvalue weighted by molar-refractivity contribution is 5.79. The van der Waals surface area contributed by atoms with Crippen LogP contribution in [0.5, 0.6) is 0 Å². The second-order valence-electron chi connectivity index (χ2n) is 6.71. The zero-order valence-electron chi connectivity index (χ0n) is 15.6. The first-order valence-electron chi connectivity index (χ1n) is 8.90. The van der Waals surface area contributed by atoms with Crippen molar-refractivity contribution in [3.63, 3.8) is 0 Å². The molecule has 1 fully saturated rings. The Kier molecular flexibility index (Phi) is 10.2. The van der Waals surface area contributed by atoms with E-state index in [1.54, 1.807) is 0 Å². The number of nitrogens with one attached hydrogen (secondary N) is 2. The molecule has 136 valence electrons. The standard InChI is InChI=1S/C17H36N4O2/c1-14(2)12-22-9-6-7-19-17(18-5)20-11-15(3)21-8-10-23-13-16(21)4/h14-16H,6-13H2,1-5H3,(H2,18,19,20). The number of aliphatic imine (C=N–C) groups is 1. The van der Waals surface area contributed by atoms with Gasteiger partial charge in [0.25, 0.3) is 0 Å². The summed E-state index contributed by atoms with van der Waals surface area (Å²) in [6.07, 6.45) is 0.990. The van der Waals surface area contributed by atoms with Gasteiger partial charge in [0.1, 0.15) is 0 Å². The summed E-state index contributed by atoms with van der Waals surface area (Å²) in [5.41, 5.74) is 0. The van der Waals surface area contributed by atoms with Crippen LogP contribution in [0.1, 0.15) is 34.1 Å². The Morgan fingerprint density at radius 3 is 2.78 bits per heavy atom. The molecule has 6 nitrogen and oxygen atoms in total. The molecule has 1 heterocycles. The third kappa shape index (κ3) is 8.53. The van der Waals surface area contributed by atoms with Gasteiger partial charge in [0, 0.05) is 52.0 Å². The first kappa shape index (κ1) is 20.2. The molecule has 1 saturated heterocycles. The van der Waals surface area contributed by atoms with Crippen molar-refractivity contribution in [3.05, 3.63) is 0 Å². The Hall–Kier alpha value is -0.850. The van der Waals surface area contributed by atoms with Gasteiger partial charge in [-0.05, 0) is 26.2 Å². The molecule has 6 heteroatoms. The fraction of sp³-hybridized carbons (Fsp3) is 0.941. The SMILES string of the molecule is CN=C(NCCCOCC(C)C)NCC(C)N1CCOCC1C. The number of hydrogen-bond acceptors (Lipinski definition) is 4. The van der Waals surface area contributed by atoms with Gasteiger partial charge in [0.05, 0.1) is 13.2 Å². The minimum absolute atomic E-state index is 0.460. The highest BCUT2D eigenvalue weighted by Gasteiger charge is 2.23. The molecule has 0 saturated carbocycles. The van der Waals surface area contributed by atoms with Gasteiger partial charge >= 0.3 is 0 Å². The van der Waals surface area contributed by atoms with Crippen LogP contribution < -0.4 is 10.6 Å². The highest BCUT2D eigenvalue weighted by atomic mass is 16.5. The van der Waals surface area contributed by atoms with Gasteiger partial charge in [0.15, 0.2) is 5.96 Å². The lowest BCUT2D eigenvalue weighted by Crippen LogP contribution is -2.53. The number of nitrogens with zero attached hydrogens (tertiary/aromatic N) is 2. The van der Waals surface area contributed by atoms with Crippen molar-refractivity contribution in [2.45, 2.75) is 46.2 Å². The molecular weight excluding hydrogens is 292 g/mol. The normalized spacial score (nSPS) is 21.5. The first-order valence-corrected chi connectivity index (χ1v) is 8.90. The molecule has 1 aliphatic rings. The first-order chi connectivity index (χ1) is 11.0. The zero-order valence-corrected chi connectivity index (χ0v) is 15.6. The van der Waals surface area contributed by atoms with Gasteiger partial charge in [-0.25, -0.2) is 0 Å². The molecule has 0 aromatic heterocycles. The van der Waals surface area contributed by atoms with Crippen LogP contribution in [0.4, 0.5) is 0 Å². The summed E-state index contributed by atoms with van der Waals surface area (Å²) in [4.78, 5) is 6.77. The second kappa shape index (κ2) is 11.6. The average molecular weight is 329 g/mol. The van der Waals surface area contributed by atoms with Gasteiger partial charge in [-0.2, -0.15) is 0 Å². The van der Waals surface area contributed by atoms with Crippen molar-refractivity contribution in [1.82, 2.24) is 15.5 Å². The summed E-state index contributed by atoms with van der Waals surface area (Å²) in [5, 5.41) is 6.75. The van der Waals surface area contributed by atoms with Crippen LogP contribution in [0, 0.1) is 5.92 Å². The highest BCUT2D eigenvalue weighted by Crippen LogP contribution is 2.09. The minimum Gasteiger partial charge on any atom is -0.381 e. The molecular formula is C17H36N4O2. The quantitative estimate of drug-likeness (QED) is 0.380. The Morgan fingerprint density at radius 2 is 2.13 bits per heavy atom. The molecule has 0 aromatic carbocycles. The molecule has 23 heavy (non-hydrogen) atoms. The number of guanidine groups is 1. The monoisotopic (exact) mass is 328 g/mol. The molecule has 2 unspecified atom stereocenters. The lowest BCUT2D eigenvalue weighted by atomic mass is 10.2. The maximum atomic E-state index is 5.58. The van der Waals surface area contributed by atoms with Crippen LogP contribution in [-0.4, -0.2) is 76.1 Å². The van der Waals surface area contributed by atoms with E-state index in [9.17, 15) is 0 Å². The minimum atomic E-state index is 0.460. The molecule has 0 bridgehead atoms. The zero-order chi connectivity index (χ0) is 17.1. The van der Waals surface area contributed by atoms with E-state index in [2.05, 4.69) is 48.2 Å². The maximum Gasteiger partial charge on any atom is 0.191 e. The van der Waals surface area contributed by atoms with Gasteiger partial charge in [-0.1, -0.05) is 13.8 Å². The Labute approximate surface area is 142 Å². The molecule has 1 aliphatic heterocycles. The van der Waals surface area contributed by atoms with Crippen LogP contribution >= 0.6 is 0 Å². The predicted octanol–water partition coefficient (Wildman–Crippen LogP) is 1.32. The Bertz CT molecular complexity index is 337. The molecule has 0 aromatic rings. The van der Waals surface area contributed by atoms with Gasteiger partial charge in [-0.3, -0.25) is 9.89 Å². The lowest BCUT2D eigenvalue weighted by Gasteiger charge is -2.38. The van der Waals surface area contributed by atoms with E-state index in [1.165, 1.54) is 0 Å². The summed E-state index contributed by atoms with van der Waals surface area (Å²) in [5.74, 6) is 1.46. The van der Waals surface area contributed by atoms with E-state index in [4.69, 9.17) is 9.47 Å². The molecule has 1 rings (SSSR count). The van der Waals surface area contributed by atoms with Crippen LogP contribution in [0.2, 0.25) is 0 Å². The van der Waals surface area contributed by atoms with E-state index < -0.39 is 0 Å². The van der Waals surface area contributed by atoms with E-state index in [1.807, 2.05) is 7.05 Å². The number of rotatable bonds is 9. The second-order valence-corrected chi connectivity index (χ2v) is 6.71. The van der Waals surface area contributed by atoms with Crippen molar-refractivity contribution in [1.29, 1.82) is 0 Å². The smallest absolute Gasteiger partial charge is 0.191 e. The van der Waals surface area contributed by atoms with Gasteiger partial charge in [0.2, 0.25) is 0 Å². The average Bonchev–Trinajstić information content (AvgIpc) is 2.53. The Balaban J connectivity index is 2.15. The van der Waals surface area contributed by atoms with Crippen molar-refractivity contribution < 1.29 is 9.47 Å². The molecule has 2 N–H and O–H groups in total. The molecule has 2 atom stereocenters. The van der Waals surface area contributed by atoms with Gasteiger partial charge < -0.3 is 20.1 Å². The van der Waals surface area contributed by atoms with Crippen molar-refractivity contribution >= 4 is 5.96 Å². The van der Waals surface area contributed by atoms with E-state index in [0.717, 1.165) is 58.4 Å². The fourth-order valence-corrected chi connectivity index (χ4v) is 2.68. The third-order valence-corrected chi connectivity index (χ3v) is 3.98. The maximum absolute atomic E-state index is 5.58. The Morgan fingerprint density at radius 1 is 1.35 bits per heavy atom. The summed E-state index contributed by atoms with van der Waals surface area (Å²) in [6, 6.07) is 0.940. The summed E-state index contributed by atoms with van der Waals surface area (Å²) in [6.45, 7) is 14.9. The lowest BCUT2D eigenvalue weighted by molar-refractivity contribution is -0.0174. The van der Waals surface area contributed by atoms with Crippen LogP contribution in [-0.2, 0) is 9.47 Å². The predicted molar refractivity (Wildman–Crippen MR) is 96.1 cm³/mol. The van der Waals surface area contributed by atoms with Crippen molar-refractivity contribution in [2.24, 2.45) is 10.9 Å². The molecule has 0 amide bonds. The van der Waals surface area contributed by atoms with Crippen LogP contribution in [0.25, 0.3) is 0 Å².